The molecule has 210 valence electrons. The van der Waals surface area contributed by atoms with E-state index in [1.165, 1.54) is 88.0 Å². The van der Waals surface area contributed by atoms with Crippen molar-refractivity contribution in [2.24, 2.45) is 0 Å². The van der Waals surface area contributed by atoms with Crippen LogP contribution in [-0.2, 0) is 6.42 Å². The van der Waals surface area contributed by atoms with Crippen LogP contribution in [0.4, 0.5) is 0 Å². The minimum absolute atomic E-state index is 0.978. The monoisotopic (exact) mass is 572 g/mol. The molecule has 0 saturated carbocycles. The highest BCUT2D eigenvalue weighted by Gasteiger charge is 2.21. The van der Waals surface area contributed by atoms with Crippen LogP contribution in [0.25, 0.3) is 83.0 Å². The minimum atomic E-state index is 0.978. The van der Waals surface area contributed by atoms with Gasteiger partial charge in [-0.1, -0.05) is 115 Å². The summed E-state index contributed by atoms with van der Waals surface area (Å²) in [4.78, 5) is 0. The predicted octanol–water partition coefficient (Wildman–Crippen LogP) is 11.3. The van der Waals surface area contributed by atoms with Crippen LogP contribution in [-0.4, -0.2) is 9.13 Å². The van der Waals surface area contributed by atoms with Crippen LogP contribution in [0.2, 0.25) is 0 Å². The number of allylic oxidation sites excluding steroid dienone is 1. The molecule has 0 N–H and O–H groups in total. The fourth-order valence-electron chi connectivity index (χ4n) is 7.92. The number of fused-ring (bicyclic) bond motifs is 6. The third-order valence-electron chi connectivity index (χ3n) is 9.71. The Bertz CT molecular complexity index is 2670. The predicted molar refractivity (Wildman–Crippen MR) is 191 cm³/mol. The molecule has 0 fully saturated rings. The van der Waals surface area contributed by atoms with Gasteiger partial charge in [0.2, 0.25) is 0 Å². The Balaban J connectivity index is 1.33. The van der Waals surface area contributed by atoms with E-state index in [1.807, 2.05) is 0 Å². The van der Waals surface area contributed by atoms with E-state index in [-0.39, 0.29) is 0 Å². The molecule has 0 bridgehead atoms. The summed E-state index contributed by atoms with van der Waals surface area (Å²) in [6.07, 6.45) is 5.53. The van der Waals surface area contributed by atoms with E-state index in [0.717, 1.165) is 6.42 Å². The molecule has 0 saturated heterocycles. The molecule has 1 aliphatic rings. The number of nitrogens with zero attached hydrogens (tertiary/aromatic N) is 2. The number of aromatic nitrogens is 2. The molecule has 0 radical (unpaired) electrons. The number of hydrogen-bond acceptors (Lipinski definition) is 0. The van der Waals surface area contributed by atoms with E-state index >= 15 is 0 Å². The van der Waals surface area contributed by atoms with Gasteiger partial charge in [0.05, 0.1) is 27.8 Å². The van der Waals surface area contributed by atoms with Crippen molar-refractivity contribution in [1.82, 2.24) is 9.13 Å². The van der Waals surface area contributed by atoms with Gasteiger partial charge in [-0.3, -0.25) is 0 Å². The highest BCUT2D eigenvalue weighted by atomic mass is 15.0. The first-order valence-corrected chi connectivity index (χ1v) is 15.7. The standard InChI is InChI=1S/C43H28N2/c1-2-15-30(16-3-1)44-36-22-6-4-17-34(36)42-31(19-10-24-39(42)44)32-20-11-25-40-43(32)35-18-5-7-23-37(35)45(40)38-27-26-29-13-8-12-28-14-9-21-33(38)41(28)29/h1-11,13-27H,12H2. The van der Waals surface area contributed by atoms with Crippen molar-refractivity contribution in [1.29, 1.82) is 0 Å². The molecular formula is C43H28N2. The zero-order chi connectivity index (χ0) is 29.5. The number of rotatable bonds is 3. The fraction of sp³-hybridized carbons (Fsp3) is 0.0233. The zero-order valence-corrected chi connectivity index (χ0v) is 24.6. The molecule has 9 aromatic rings. The summed E-state index contributed by atoms with van der Waals surface area (Å²) in [5, 5.41) is 7.79. The van der Waals surface area contributed by atoms with Gasteiger partial charge in [-0.05, 0) is 76.5 Å². The van der Waals surface area contributed by atoms with Crippen LogP contribution >= 0.6 is 0 Å². The molecule has 0 atom stereocenters. The minimum Gasteiger partial charge on any atom is -0.309 e. The van der Waals surface area contributed by atoms with Crippen LogP contribution in [0.3, 0.4) is 0 Å². The van der Waals surface area contributed by atoms with Gasteiger partial charge in [0.15, 0.2) is 0 Å². The average molecular weight is 573 g/mol. The number of hydrogen-bond donors (Lipinski definition) is 0. The molecular weight excluding hydrogens is 544 g/mol. The van der Waals surface area contributed by atoms with Crippen molar-refractivity contribution < 1.29 is 0 Å². The molecule has 0 spiro atoms. The van der Waals surface area contributed by atoms with Crippen molar-refractivity contribution in [3.8, 4) is 22.5 Å². The van der Waals surface area contributed by atoms with Crippen LogP contribution in [0, 0.1) is 0 Å². The van der Waals surface area contributed by atoms with Crippen molar-refractivity contribution in [3.63, 3.8) is 0 Å². The lowest BCUT2D eigenvalue weighted by atomic mass is 9.92. The van der Waals surface area contributed by atoms with Crippen molar-refractivity contribution in [3.05, 3.63) is 163 Å². The van der Waals surface area contributed by atoms with Crippen molar-refractivity contribution >= 4 is 60.5 Å². The average Bonchev–Trinajstić information content (AvgIpc) is 3.62. The molecule has 0 unspecified atom stereocenters. The summed E-state index contributed by atoms with van der Waals surface area (Å²) in [6.45, 7) is 0. The Morgan fingerprint density at radius 3 is 1.71 bits per heavy atom. The zero-order valence-electron chi connectivity index (χ0n) is 24.6. The van der Waals surface area contributed by atoms with Gasteiger partial charge >= 0.3 is 0 Å². The summed E-state index contributed by atoms with van der Waals surface area (Å²) in [7, 11) is 0. The van der Waals surface area contributed by atoms with Crippen LogP contribution < -0.4 is 0 Å². The summed E-state index contributed by atoms with van der Waals surface area (Å²) < 4.78 is 4.89. The largest absolute Gasteiger partial charge is 0.309 e. The van der Waals surface area contributed by atoms with Gasteiger partial charge in [-0.25, -0.2) is 0 Å². The number of para-hydroxylation sites is 3. The molecule has 0 amide bonds. The Labute approximate surface area is 260 Å². The van der Waals surface area contributed by atoms with Gasteiger partial charge < -0.3 is 9.13 Å². The molecule has 2 aromatic heterocycles. The molecule has 7 aromatic carbocycles. The van der Waals surface area contributed by atoms with Gasteiger partial charge in [0, 0.05) is 32.6 Å². The molecule has 0 aliphatic heterocycles. The van der Waals surface area contributed by atoms with E-state index in [9.17, 15) is 0 Å². The fourth-order valence-corrected chi connectivity index (χ4v) is 7.92. The van der Waals surface area contributed by atoms with Gasteiger partial charge in [-0.2, -0.15) is 0 Å². The topological polar surface area (TPSA) is 9.86 Å². The Hall–Kier alpha value is -5.86. The second-order valence-corrected chi connectivity index (χ2v) is 12.1. The maximum absolute atomic E-state index is 2.49. The molecule has 2 heterocycles. The Morgan fingerprint density at radius 1 is 0.400 bits per heavy atom. The van der Waals surface area contributed by atoms with Crippen LogP contribution in [0.1, 0.15) is 11.1 Å². The van der Waals surface area contributed by atoms with Gasteiger partial charge in [-0.15, -0.1) is 0 Å². The second-order valence-electron chi connectivity index (χ2n) is 12.1. The van der Waals surface area contributed by atoms with E-state index in [1.54, 1.807) is 0 Å². The first-order chi connectivity index (χ1) is 22.4. The van der Waals surface area contributed by atoms with E-state index in [2.05, 4.69) is 167 Å². The maximum atomic E-state index is 2.49. The summed E-state index contributed by atoms with van der Waals surface area (Å²) in [5.74, 6) is 0. The Morgan fingerprint density at radius 2 is 0.978 bits per heavy atom. The second kappa shape index (κ2) is 9.32. The first kappa shape index (κ1) is 24.6. The lowest BCUT2D eigenvalue weighted by Gasteiger charge is -2.17. The molecule has 1 aliphatic carbocycles. The normalized spacial score (nSPS) is 12.7. The smallest absolute Gasteiger partial charge is 0.0547 e. The molecule has 10 rings (SSSR count). The van der Waals surface area contributed by atoms with Crippen LogP contribution in [0.5, 0.6) is 0 Å². The van der Waals surface area contributed by atoms with Gasteiger partial charge in [0.25, 0.3) is 0 Å². The maximum Gasteiger partial charge on any atom is 0.0547 e. The first-order valence-electron chi connectivity index (χ1n) is 15.7. The summed E-state index contributed by atoms with van der Waals surface area (Å²) in [6, 6.07) is 53.4. The molecule has 2 heteroatoms. The Kier molecular flexibility index (Phi) is 5.09. The third kappa shape index (κ3) is 3.39. The SMILES string of the molecule is C1=Cc2ccc(-n3c4ccccc4c4c(-c5cccc6c5c5ccccc5n6-c5ccccc5)cccc43)c3cccc(c23)C1. The summed E-state index contributed by atoms with van der Waals surface area (Å²) >= 11 is 0. The summed E-state index contributed by atoms with van der Waals surface area (Å²) in [5.41, 5.74) is 12.5. The van der Waals surface area contributed by atoms with E-state index in [0.29, 0.717) is 0 Å². The quantitative estimate of drug-likeness (QED) is 0.199. The van der Waals surface area contributed by atoms with Crippen molar-refractivity contribution in [2.75, 3.05) is 0 Å². The van der Waals surface area contributed by atoms with E-state index < -0.39 is 0 Å². The molecule has 2 nitrogen and oxygen atoms in total. The molecule has 45 heavy (non-hydrogen) atoms. The van der Waals surface area contributed by atoms with Crippen molar-refractivity contribution in [2.45, 2.75) is 6.42 Å². The van der Waals surface area contributed by atoms with Crippen LogP contribution in [0.15, 0.2) is 152 Å². The number of benzene rings is 7. The van der Waals surface area contributed by atoms with E-state index in [4.69, 9.17) is 0 Å². The third-order valence-corrected chi connectivity index (χ3v) is 9.71. The highest BCUT2D eigenvalue weighted by Crippen LogP contribution is 2.44. The lowest BCUT2D eigenvalue weighted by Crippen LogP contribution is -1.99. The highest BCUT2D eigenvalue weighted by molar-refractivity contribution is 6.22. The van der Waals surface area contributed by atoms with Gasteiger partial charge in [0.1, 0.15) is 0 Å². The lowest BCUT2D eigenvalue weighted by molar-refractivity contribution is 1.18.